The van der Waals surface area contributed by atoms with Crippen LogP contribution in [-0.4, -0.2) is 30.1 Å². The first-order valence-electron chi connectivity index (χ1n) is 8.86. The van der Waals surface area contributed by atoms with E-state index in [2.05, 4.69) is 59.5 Å². The topological polar surface area (TPSA) is 12.5 Å². The molecule has 2 aromatic rings. The van der Waals surface area contributed by atoms with Crippen molar-refractivity contribution in [1.29, 1.82) is 0 Å². The molecule has 120 valence electrons. The molecule has 23 heavy (non-hydrogen) atoms. The number of nitrogens with zero attached hydrogens (tertiary/aromatic N) is 1. The summed E-state index contributed by atoms with van der Waals surface area (Å²) in [6, 6.07) is 19.4. The monoisotopic (exact) mass is 307 g/mol. The number of fused-ring (bicyclic) bond motifs is 1. The second-order valence-electron chi connectivity index (χ2n) is 6.97. The summed E-state index contributed by atoms with van der Waals surface area (Å²) in [7, 11) is 0. The maximum absolute atomic E-state index is 6.44. The number of para-hydroxylation sites is 1. The van der Waals surface area contributed by atoms with Gasteiger partial charge < -0.3 is 9.64 Å². The van der Waals surface area contributed by atoms with Gasteiger partial charge in [0.05, 0.1) is 0 Å². The Morgan fingerprint density at radius 2 is 1.61 bits per heavy atom. The number of hydrogen-bond acceptors (Lipinski definition) is 2. The van der Waals surface area contributed by atoms with Crippen LogP contribution in [0.2, 0.25) is 0 Å². The van der Waals surface area contributed by atoms with Crippen molar-refractivity contribution in [2.45, 2.75) is 37.7 Å². The summed E-state index contributed by atoms with van der Waals surface area (Å²) in [6.07, 6.45) is 5.82. The summed E-state index contributed by atoms with van der Waals surface area (Å²) in [5, 5.41) is 0. The normalized spacial score (nSPS) is 20.0. The van der Waals surface area contributed by atoms with Gasteiger partial charge >= 0.3 is 0 Å². The van der Waals surface area contributed by atoms with E-state index in [-0.39, 0.29) is 5.60 Å². The molecule has 0 N–H and O–H groups in total. The molecule has 1 spiro atoms. The van der Waals surface area contributed by atoms with Gasteiger partial charge in [-0.2, -0.15) is 0 Å². The predicted octanol–water partition coefficient (Wildman–Crippen LogP) is 4.09. The summed E-state index contributed by atoms with van der Waals surface area (Å²) in [6.45, 7) is 3.49. The minimum Gasteiger partial charge on any atom is -0.487 e. The van der Waals surface area contributed by atoms with Crippen LogP contribution in [0.4, 0.5) is 0 Å². The third kappa shape index (κ3) is 3.28. The second-order valence-corrected chi connectivity index (χ2v) is 6.97. The van der Waals surface area contributed by atoms with Crippen LogP contribution in [0, 0.1) is 0 Å². The van der Waals surface area contributed by atoms with Crippen molar-refractivity contribution in [2.24, 2.45) is 0 Å². The standard InChI is InChI=1S/C21H25NO/c1-2-6-18(7-3-1)11-15-22-16-13-21(14-17-22)12-10-19-8-4-5-9-20(19)23-21/h1-9H,10-17H2. The van der Waals surface area contributed by atoms with Crippen molar-refractivity contribution in [3.8, 4) is 5.75 Å². The van der Waals surface area contributed by atoms with Gasteiger partial charge in [0.15, 0.2) is 0 Å². The Morgan fingerprint density at radius 1 is 0.870 bits per heavy atom. The van der Waals surface area contributed by atoms with Gasteiger partial charge in [-0.25, -0.2) is 0 Å². The van der Waals surface area contributed by atoms with Crippen LogP contribution >= 0.6 is 0 Å². The van der Waals surface area contributed by atoms with Gasteiger partial charge in [-0.3, -0.25) is 0 Å². The van der Waals surface area contributed by atoms with E-state index in [1.54, 1.807) is 0 Å². The van der Waals surface area contributed by atoms with Crippen LogP contribution in [0.3, 0.4) is 0 Å². The zero-order valence-electron chi connectivity index (χ0n) is 13.7. The highest BCUT2D eigenvalue weighted by Gasteiger charge is 2.39. The second kappa shape index (κ2) is 6.37. The molecule has 2 aromatic carbocycles. The Morgan fingerprint density at radius 3 is 2.43 bits per heavy atom. The largest absolute Gasteiger partial charge is 0.487 e. The number of aryl methyl sites for hydroxylation is 1. The minimum absolute atomic E-state index is 0.0948. The Kier molecular flexibility index (Phi) is 4.09. The quantitative estimate of drug-likeness (QED) is 0.847. The molecular weight excluding hydrogens is 282 g/mol. The molecule has 0 atom stereocenters. The highest BCUT2D eigenvalue weighted by atomic mass is 16.5. The molecule has 0 saturated carbocycles. The summed E-state index contributed by atoms with van der Waals surface area (Å²) >= 11 is 0. The maximum Gasteiger partial charge on any atom is 0.123 e. The van der Waals surface area contributed by atoms with E-state index in [0.29, 0.717) is 0 Å². The average molecular weight is 307 g/mol. The molecule has 0 unspecified atom stereocenters. The number of rotatable bonds is 3. The van der Waals surface area contributed by atoms with E-state index in [0.717, 1.165) is 44.6 Å². The summed E-state index contributed by atoms with van der Waals surface area (Å²) in [5.41, 5.74) is 2.91. The summed E-state index contributed by atoms with van der Waals surface area (Å²) in [4.78, 5) is 2.60. The molecule has 0 aliphatic carbocycles. The molecule has 2 aliphatic rings. The number of hydrogen-bond donors (Lipinski definition) is 0. The van der Waals surface area contributed by atoms with Crippen LogP contribution in [0.1, 0.15) is 30.4 Å². The molecule has 1 saturated heterocycles. The lowest BCUT2D eigenvalue weighted by atomic mass is 9.83. The zero-order chi connectivity index (χ0) is 15.5. The molecule has 4 rings (SSSR count). The van der Waals surface area contributed by atoms with E-state index in [1.165, 1.54) is 24.0 Å². The fraction of sp³-hybridized carbons (Fsp3) is 0.429. The first kappa shape index (κ1) is 14.8. The summed E-state index contributed by atoms with van der Waals surface area (Å²) < 4.78 is 6.44. The molecule has 0 radical (unpaired) electrons. The van der Waals surface area contributed by atoms with Gasteiger partial charge in [0.25, 0.3) is 0 Å². The Hall–Kier alpha value is -1.80. The lowest BCUT2D eigenvalue weighted by molar-refractivity contribution is -0.0141. The number of likely N-dealkylation sites (tertiary alicyclic amines) is 1. The van der Waals surface area contributed by atoms with Crippen molar-refractivity contribution in [1.82, 2.24) is 4.90 Å². The molecule has 2 aliphatic heterocycles. The SMILES string of the molecule is c1ccc(CCN2CCC3(CCc4ccccc4O3)CC2)cc1. The Balaban J connectivity index is 1.33. The van der Waals surface area contributed by atoms with Crippen molar-refractivity contribution in [3.05, 3.63) is 65.7 Å². The molecule has 0 aromatic heterocycles. The van der Waals surface area contributed by atoms with Crippen LogP contribution < -0.4 is 4.74 Å². The maximum atomic E-state index is 6.44. The van der Waals surface area contributed by atoms with Gasteiger partial charge in [-0.15, -0.1) is 0 Å². The minimum atomic E-state index is 0.0948. The van der Waals surface area contributed by atoms with E-state index >= 15 is 0 Å². The molecule has 0 amide bonds. The Labute approximate surface area is 139 Å². The number of ether oxygens (including phenoxy) is 1. The van der Waals surface area contributed by atoms with Gasteiger partial charge in [0, 0.05) is 19.6 Å². The molecule has 0 bridgehead atoms. The van der Waals surface area contributed by atoms with Crippen molar-refractivity contribution < 1.29 is 4.74 Å². The molecular formula is C21H25NO. The van der Waals surface area contributed by atoms with E-state index in [9.17, 15) is 0 Å². The fourth-order valence-corrected chi connectivity index (χ4v) is 3.92. The third-order valence-corrected chi connectivity index (χ3v) is 5.48. The smallest absolute Gasteiger partial charge is 0.123 e. The van der Waals surface area contributed by atoms with Crippen LogP contribution in [0.5, 0.6) is 5.75 Å². The fourth-order valence-electron chi connectivity index (χ4n) is 3.92. The highest BCUT2D eigenvalue weighted by molar-refractivity contribution is 5.36. The molecule has 2 heteroatoms. The van der Waals surface area contributed by atoms with Gasteiger partial charge in [0.1, 0.15) is 11.4 Å². The van der Waals surface area contributed by atoms with Crippen molar-refractivity contribution in [2.75, 3.05) is 19.6 Å². The first-order chi connectivity index (χ1) is 11.3. The van der Waals surface area contributed by atoms with Crippen LogP contribution in [0.25, 0.3) is 0 Å². The first-order valence-corrected chi connectivity index (χ1v) is 8.86. The lowest BCUT2D eigenvalue weighted by Crippen LogP contribution is -2.50. The van der Waals surface area contributed by atoms with E-state index in [4.69, 9.17) is 4.74 Å². The zero-order valence-corrected chi connectivity index (χ0v) is 13.7. The van der Waals surface area contributed by atoms with Gasteiger partial charge in [0.2, 0.25) is 0 Å². The molecule has 2 nitrogen and oxygen atoms in total. The third-order valence-electron chi connectivity index (χ3n) is 5.48. The van der Waals surface area contributed by atoms with Crippen molar-refractivity contribution in [3.63, 3.8) is 0 Å². The highest BCUT2D eigenvalue weighted by Crippen LogP contribution is 2.39. The van der Waals surface area contributed by atoms with E-state index in [1.807, 2.05) is 0 Å². The van der Waals surface area contributed by atoms with E-state index < -0.39 is 0 Å². The lowest BCUT2D eigenvalue weighted by Gasteiger charge is -2.44. The van der Waals surface area contributed by atoms with Crippen molar-refractivity contribution >= 4 is 0 Å². The number of benzene rings is 2. The molecule has 1 fully saturated rings. The number of piperidine rings is 1. The van der Waals surface area contributed by atoms with Crippen LogP contribution in [0.15, 0.2) is 54.6 Å². The summed E-state index contributed by atoms with van der Waals surface area (Å²) in [5.74, 6) is 1.12. The van der Waals surface area contributed by atoms with Crippen LogP contribution in [-0.2, 0) is 12.8 Å². The predicted molar refractivity (Wildman–Crippen MR) is 93.9 cm³/mol. The Bertz CT molecular complexity index is 644. The average Bonchev–Trinajstić information content (AvgIpc) is 2.62. The van der Waals surface area contributed by atoms with Gasteiger partial charge in [-0.05, 0) is 49.3 Å². The molecule has 2 heterocycles. The van der Waals surface area contributed by atoms with Gasteiger partial charge in [-0.1, -0.05) is 48.5 Å².